The first-order chi connectivity index (χ1) is 14.7. The van der Waals surface area contributed by atoms with Crippen molar-refractivity contribution in [2.45, 2.75) is 117 Å². The molecule has 0 N–H and O–H groups in total. The van der Waals surface area contributed by atoms with Crippen molar-refractivity contribution in [1.82, 2.24) is 0 Å². The summed E-state index contributed by atoms with van der Waals surface area (Å²) in [4.78, 5) is 39.1. The van der Waals surface area contributed by atoms with Crippen LogP contribution >= 0.6 is 0 Å². The maximum atomic E-state index is 13.0. The Morgan fingerprint density at radius 2 is 0.710 bits per heavy atom. The van der Waals surface area contributed by atoms with Crippen molar-refractivity contribution >= 4 is 35.2 Å². The molecule has 0 spiro atoms. The van der Waals surface area contributed by atoms with Gasteiger partial charge < -0.3 is 0 Å². The first-order valence-electron chi connectivity index (χ1n) is 12.3. The summed E-state index contributed by atoms with van der Waals surface area (Å²) in [6, 6.07) is 0. The van der Waals surface area contributed by atoms with Crippen LogP contribution in [0, 0.1) is 16.2 Å². The summed E-state index contributed by atoms with van der Waals surface area (Å²) >= 11 is -3.89. The summed E-state index contributed by atoms with van der Waals surface area (Å²) in [6.07, 6.45) is 13.8. The van der Waals surface area contributed by atoms with Crippen LogP contribution in [0.1, 0.15) is 117 Å². The zero-order valence-corrected chi connectivity index (χ0v) is 22.1. The van der Waals surface area contributed by atoms with Crippen molar-refractivity contribution in [2.24, 2.45) is 16.2 Å². The Bertz CT molecular complexity index is 567. The molecule has 0 aromatic heterocycles. The normalized spacial score (nSPS) is 24.5. The molecule has 0 amide bonds. The van der Waals surface area contributed by atoms with Gasteiger partial charge in [-0.15, -0.1) is 0 Å². The van der Waals surface area contributed by atoms with Crippen molar-refractivity contribution < 1.29 is 25.0 Å². The average Bonchev–Trinajstić information content (AvgIpc) is 2.75. The van der Waals surface area contributed by atoms with E-state index in [2.05, 4.69) is 0 Å². The molecule has 0 radical (unpaired) electrons. The van der Waals surface area contributed by atoms with E-state index in [0.717, 1.165) is 96.3 Å². The van der Waals surface area contributed by atoms with Gasteiger partial charge in [-0.2, -0.15) is 0 Å². The van der Waals surface area contributed by atoms with Gasteiger partial charge >= 0.3 is 194 Å². The molecule has 3 aliphatic carbocycles. The molecule has 3 aliphatic rings. The zero-order valence-electron chi connectivity index (χ0n) is 19.6. The van der Waals surface area contributed by atoms with Gasteiger partial charge in [0.15, 0.2) is 0 Å². The predicted octanol–water partition coefficient (Wildman–Crippen LogP) is 5.51. The molecule has 0 unspecified atom stereocenters. The zero-order chi connectivity index (χ0) is 22.5. The third-order valence-electron chi connectivity index (χ3n) is 7.96. The Balaban J connectivity index is 1.71. The molecular weight excluding hydrogens is 454 g/mol. The minimum atomic E-state index is -3.89. The van der Waals surface area contributed by atoms with Crippen molar-refractivity contribution in [1.29, 1.82) is 0 Å². The van der Waals surface area contributed by atoms with Crippen LogP contribution in [0.5, 0.6) is 0 Å². The first-order valence-corrected chi connectivity index (χ1v) is 15.3. The summed E-state index contributed by atoms with van der Waals surface area (Å²) in [5, 5.41) is 0. The molecular formula is C24H39GaO6. The van der Waals surface area contributed by atoms with Crippen LogP contribution in [0.15, 0.2) is 0 Å². The fourth-order valence-corrected chi connectivity index (χ4v) is 8.56. The number of hydrogen-bond donors (Lipinski definition) is 0. The van der Waals surface area contributed by atoms with Gasteiger partial charge in [-0.05, 0) is 0 Å². The fraction of sp³-hybridized carbons (Fsp3) is 0.875. The van der Waals surface area contributed by atoms with E-state index < -0.39 is 33.6 Å². The Morgan fingerprint density at radius 1 is 0.484 bits per heavy atom. The van der Waals surface area contributed by atoms with Gasteiger partial charge in [0.1, 0.15) is 0 Å². The SMILES string of the molecule is CC1(C(=O)[O][Ga]([O]C(=O)C2(C)CCCCC2)[O]C(=O)C2(C)CCCCC2)CCCCC1. The van der Waals surface area contributed by atoms with Crippen LogP contribution in [0.25, 0.3) is 0 Å². The van der Waals surface area contributed by atoms with E-state index in [4.69, 9.17) is 10.6 Å². The standard InChI is InChI=1S/3C8H14O2.Ga/c3*1-8(7(9)10)5-3-2-4-6-8;/h3*2-6H2,1H3,(H,9,10);/q;;;+3/p-3. The third kappa shape index (κ3) is 6.09. The van der Waals surface area contributed by atoms with Crippen molar-refractivity contribution in [2.75, 3.05) is 0 Å². The summed E-state index contributed by atoms with van der Waals surface area (Å²) in [7, 11) is 0. The molecule has 0 saturated heterocycles. The first kappa shape index (κ1) is 24.7. The van der Waals surface area contributed by atoms with Crippen LogP contribution in [-0.2, 0) is 25.0 Å². The van der Waals surface area contributed by atoms with Gasteiger partial charge in [-0.25, -0.2) is 0 Å². The predicted molar refractivity (Wildman–Crippen MR) is 118 cm³/mol. The Labute approximate surface area is 193 Å². The molecule has 7 heteroatoms. The average molecular weight is 493 g/mol. The second kappa shape index (κ2) is 10.3. The second-order valence-corrected chi connectivity index (χ2v) is 13.6. The van der Waals surface area contributed by atoms with Crippen molar-refractivity contribution in [3.8, 4) is 0 Å². The van der Waals surface area contributed by atoms with Crippen LogP contribution in [0.3, 0.4) is 0 Å². The molecule has 0 aromatic carbocycles. The van der Waals surface area contributed by atoms with E-state index in [-0.39, 0.29) is 17.9 Å². The van der Waals surface area contributed by atoms with Crippen LogP contribution in [-0.4, -0.2) is 35.2 Å². The van der Waals surface area contributed by atoms with E-state index in [0.29, 0.717) is 0 Å². The molecule has 0 bridgehead atoms. The molecule has 31 heavy (non-hydrogen) atoms. The van der Waals surface area contributed by atoms with Crippen molar-refractivity contribution in [3.63, 3.8) is 0 Å². The summed E-state index contributed by atoms with van der Waals surface area (Å²) in [5.41, 5.74) is -1.74. The third-order valence-corrected chi connectivity index (χ3v) is 10.5. The topological polar surface area (TPSA) is 78.9 Å². The molecule has 0 aliphatic heterocycles. The molecule has 0 heterocycles. The van der Waals surface area contributed by atoms with Gasteiger partial charge in [0, 0.05) is 0 Å². The quantitative estimate of drug-likeness (QED) is 0.454. The summed E-state index contributed by atoms with van der Waals surface area (Å²) in [6.45, 7) is 5.76. The van der Waals surface area contributed by atoms with E-state index in [1.165, 1.54) is 0 Å². The summed E-state index contributed by atoms with van der Waals surface area (Å²) < 4.78 is 17.3. The number of carbonyl (C=O) groups is 3. The molecule has 174 valence electrons. The van der Waals surface area contributed by atoms with E-state index in [1.807, 2.05) is 20.8 Å². The number of rotatable bonds is 6. The van der Waals surface area contributed by atoms with Gasteiger partial charge in [0.2, 0.25) is 0 Å². The summed E-state index contributed by atoms with van der Waals surface area (Å²) in [5.74, 6) is -1.08. The molecule has 0 atom stereocenters. The van der Waals surface area contributed by atoms with Gasteiger partial charge in [0.25, 0.3) is 0 Å². The van der Waals surface area contributed by atoms with Crippen molar-refractivity contribution in [3.05, 3.63) is 0 Å². The van der Waals surface area contributed by atoms with Crippen LogP contribution in [0.2, 0.25) is 0 Å². The van der Waals surface area contributed by atoms with Crippen LogP contribution in [0.4, 0.5) is 0 Å². The maximum absolute atomic E-state index is 13.0. The molecule has 3 fully saturated rings. The monoisotopic (exact) mass is 492 g/mol. The van der Waals surface area contributed by atoms with E-state index in [9.17, 15) is 14.4 Å². The Morgan fingerprint density at radius 3 is 0.935 bits per heavy atom. The molecule has 3 rings (SSSR count). The van der Waals surface area contributed by atoms with Crippen LogP contribution < -0.4 is 0 Å². The Kier molecular flexibility index (Phi) is 8.22. The number of carbonyl (C=O) groups excluding carboxylic acids is 3. The molecule has 3 saturated carbocycles. The van der Waals surface area contributed by atoms with Gasteiger partial charge in [-0.1, -0.05) is 0 Å². The van der Waals surface area contributed by atoms with Gasteiger partial charge in [0.05, 0.1) is 0 Å². The second-order valence-electron chi connectivity index (χ2n) is 10.9. The van der Waals surface area contributed by atoms with Gasteiger partial charge in [-0.3, -0.25) is 0 Å². The molecule has 6 nitrogen and oxygen atoms in total. The Hall–Kier alpha value is -0.954. The van der Waals surface area contributed by atoms with E-state index in [1.54, 1.807) is 0 Å². The fourth-order valence-electron chi connectivity index (χ4n) is 5.37. The van der Waals surface area contributed by atoms with E-state index >= 15 is 0 Å². The minimum absolute atomic E-state index is 0.361. The number of hydrogen-bond acceptors (Lipinski definition) is 6. The molecule has 0 aromatic rings.